The van der Waals surface area contributed by atoms with Gasteiger partial charge in [0.15, 0.2) is 0 Å². The maximum Gasteiger partial charge on any atom is 0.124 e. The van der Waals surface area contributed by atoms with Crippen LogP contribution in [0.3, 0.4) is 0 Å². The van der Waals surface area contributed by atoms with E-state index in [2.05, 4.69) is 16.0 Å². The van der Waals surface area contributed by atoms with Crippen LogP contribution in [0.2, 0.25) is 0 Å². The number of para-hydroxylation sites is 1. The summed E-state index contributed by atoms with van der Waals surface area (Å²) in [5.74, 6) is 0.524. The first-order chi connectivity index (χ1) is 8.33. The van der Waals surface area contributed by atoms with Crippen LogP contribution in [0.15, 0.2) is 54.7 Å². The highest BCUT2D eigenvalue weighted by Crippen LogP contribution is 2.21. The van der Waals surface area contributed by atoms with E-state index < -0.39 is 0 Å². The Bertz CT molecular complexity index is 677. The molecule has 3 rings (SSSR count). The largest absolute Gasteiger partial charge is 0.384 e. The Morgan fingerprint density at radius 2 is 1.82 bits per heavy atom. The van der Waals surface area contributed by atoms with Crippen molar-refractivity contribution in [2.75, 3.05) is 5.73 Å². The third kappa shape index (κ3) is 1.83. The van der Waals surface area contributed by atoms with E-state index in [1.165, 1.54) is 0 Å². The Morgan fingerprint density at radius 1 is 0.941 bits per heavy atom. The molecule has 0 saturated heterocycles. The van der Waals surface area contributed by atoms with Crippen LogP contribution < -0.4 is 5.73 Å². The molecule has 2 N–H and O–H groups in total. The van der Waals surface area contributed by atoms with E-state index in [4.69, 9.17) is 5.73 Å². The summed E-state index contributed by atoms with van der Waals surface area (Å²) in [4.78, 5) is 8.69. The molecule has 0 fully saturated rings. The molecule has 3 nitrogen and oxygen atoms in total. The Morgan fingerprint density at radius 3 is 2.71 bits per heavy atom. The lowest BCUT2D eigenvalue weighted by Crippen LogP contribution is -1.91. The average Bonchev–Trinajstić information content (AvgIpc) is 2.38. The van der Waals surface area contributed by atoms with Crippen molar-refractivity contribution in [1.29, 1.82) is 0 Å². The molecule has 3 heteroatoms. The Labute approximate surface area is 98.9 Å². The summed E-state index contributed by atoms with van der Waals surface area (Å²) in [6.45, 7) is 0. The number of rotatable bonds is 1. The number of fused-ring (bicyclic) bond motifs is 1. The van der Waals surface area contributed by atoms with Gasteiger partial charge in [0.05, 0.1) is 11.2 Å². The molecule has 0 radical (unpaired) electrons. The standard InChI is InChI=1S/C14H11N3/c15-14-7-3-6-13(17-14)11-8-10-4-1-2-5-12(10)16-9-11/h1-9H,(H2,15,17). The minimum absolute atomic E-state index is 0.524. The predicted octanol–water partition coefficient (Wildman–Crippen LogP) is 2.88. The SMILES string of the molecule is Nc1cccc(-c2cnc3ccccc3c2)n1. The van der Waals surface area contributed by atoms with Crippen molar-refractivity contribution in [2.45, 2.75) is 0 Å². The number of hydrogen-bond acceptors (Lipinski definition) is 3. The third-order valence-electron chi connectivity index (χ3n) is 2.66. The van der Waals surface area contributed by atoms with Gasteiger partial charge in [0.1, 0.15) is 5.82 Å². The van der Waals surface area contributed by atoms with E-state index in [1.54, 1.807) is 6.07 Å². The van der Waals surface area contributed by atoms with Crippen LogP contribution >= 0.6 is 0 Å². The molecule has 17 heavy (non-hydrogen) atoms. The summed E-state index contributed by atoms with van der Waals surface area (Å²) in [5, 5.41) is 1.11. The zero-order chi connectivity index (χ0) is 11.7. The van der Waals surface area contributed by atoms with Crippen LogP contribution in [0, 0.1) is 0 Å². The van der Waals surface area contributed by atoms with Crippen molar-refractivity contribution in [3.05, 3.63) is 54.7 Å². The van der Waals surface area contributed by atoms with Gasteiger partial charge in [-0.05, 0) is 24.3 Å². The zero-order valence-electron chi connectivity index (χ0n) is 9.17. The van der Waals surface area contributed by atoms with Gasteiger partial charge < -0.3 is 5.73 Å². The lowest BCUT2D eigenvalue weighted by atomic mass is 10.1. The number of hydrogen-bond donors (Lipinski definition) is 1. The van der Waals surface area contributed by atoms with Crippen LogP contribution in [-0.2, 0) is 0 Å². The van der Waals surface area contributed by atoms with Crippen molar-refractivity contribution in [3.8, 4) is 11.3 Å². The molecule has 2 heterocycles. The van der Waals surface area contributed by atoms with Gasteiger partial charge >= 0.3 is 0 Å². The monoisotopic (exact) mass is 221 g/mol. The molecule has 0 bridgehead atoms. The molecule has 82 valence electrons. The normalized spacial score (nSPS) is 10.6. The maximum atomic E-state index is 5.68. The quantitative estimate of drug-likeness (QED) is 0.687. The molecule has 3 aromatic rings. The summed E-state index contributed by atoms with van der Waals surface area (Å²) in [7, 11) is 0. The average molecular weight is 221 g/mol. The Kier molecular flexibility index (Phi) is 2.22. The van der Waals surface area contributed by atoms with E-state index in [9.17, 15) is 0 Å². The molecule has 0 saturated carbocycles. The van der Waals surface area contributed by atoms with Crippen molar-refractivity contribution in [3.63, 3.8) is 0 Å². The molecule has 0 aliphatic heterocycles. The van der Waals surface area contributed by atoms with E-state index >= 15 is 0 Å². The first kappa shape index (κ1) is 9.78. The number of benzene rings is 1. The molecule has 2 aromatic heterocycles. The second-order valence-corrected chi connectivity index (χ2v) is 3.86. The number of nitrogens with zero attached hydrogens (tertiary/aromatic N) is 2. The molecule has 0 atom stereocenters. The van der Waals surface area contributed by atoms with Gasteiger partial charge in [-0.2, -0.15) is 0 Å². The summed E-state index contributed by atoms with van der Waals surface area (Å²) >= 11 is 0. The molecule has 0 amide bonds. The van der Waals surface area contributed by atoms with Crippen LogP contribution in [0.4, 0.5) is 5.82 Å². The molecule has 0 spiro atoms. The number of aromatic nitrogens is 2. The fraction of sp³-hybridized carbons (Fsp3) is 0. The van der Waals surface area contributed by atoms with Gasteiger partial charge in [-0.15, -0.1) is 0 Å². The molecular formula is C14H11N3. The van der Waals surface area contributed by atoms with Gasteiger partial charge in [-0.1, -0.05) is 24.3 Å². The number of pyridine rings is 2. The van der Waals surface area contributed by atoms with Crippen LogP contribution in [0.1, 0.15) is 0 Å². The summed E-state index contributed by atoms with van der Waals surface area (Å²) in [6.07, 6.45) is 1.82. The topological polar surface area (TPSA) is 51.8 Å². The van der Waals surface area contributed by atoms with Gasteiger partial charge in [-0.3, -0.25) is 4.98 Å². The van der Waals surface area contributed by atoms with Crippen LogP contribution in [-0.4, -0.2) is 9.97 Å². The van der Waals surface area contributed by atoms with Crippen molar-refractivity contribution < 1.29 is 0 Å². The highest BCUT2D eigenvalue weighted by atomic mass is 14.8. The van der Waals surface area contributed by atoms with Crippen LogP contribution in [0.25, 0.3) is 22.2 Å². The van der Waals surface area contributed by atoms with Gasteiger partial charge in [0.25, 0.3) is 0 Å². The van der Waals surface area contributed by atoms with Crippen molar-refractivity contribution in [2.24, 2.45) is 0 Å². The maximum absolute atomic E-state index is 5.68. The van der Waals surface area contributed by atoms with Gasteiger partial charge in [0, 0.05) is 17.1 Å². The van der Waals surface area contributed by atoms with E-state index in [0.717, 1.165) is 22.2 Å². The lowest BCUT2D eigenvalue weighted by molar-refractivity contribution is 1.31. The number of nitrogen functional groups attached to an aromatic ring is 1. The fourth-order valence-electron chi connectivity index (χ4n) is 1.82. The second kappa shape index (κ2) is 3.87. The van der Waals surface area contributed by atoms with E-state index in [0.29, 0.717) is 5.82 Å². The Balaban J connectivity index is 2.18. The smallest absolute Gasteiger partial charge is 0.124 e. The van der Waals surface area contributed by atoms with E-state index in [-0.39, 0.29) is 0 Å². The minimum Gasteiger partial charge on any atom is -0.384 e. The first-order valence-electron chi connectivity index (χ1n) is 5.41. The van der Waals surface area contributed by atoms with Gasteiger partial charge in [-0.25, -0.2) is 4.98 Å². The highest BCUT2D eigenvalue weighted by molar-refractivity contribution is 5.82. The molecule has 1 aromatic carbocycles. The minimum atomic E-state index is 0.524. The zero-order valence-corrected chi connectivity index (χ0v) is 9.17. The Hall–Kier alpha value is -2.42. The second-order valence-electron chi connectivity index (χ2n) is 3.86. The number of anilines is 1. The predicted molar refractivity (Wildman–Crippen MR) is 69.4 cm³/mol. The molecule has 0 unspecified atom stereocenters. The third-order valence-corrected chi connectivity index (χ3v) is 2.66. The summed E-state index contributed by atoms with van der Waals surface area (Å²) in [6, 6.07) is 15.7. The molecule has 0 aliphatic rings. The van der Waals surface area contributed by atoms with Gasteiger partial charge in [0.2, 0.25) is 0 Å². The number of nitrogens with two attached hydrogens (primary N) is 1. The lowest BCUT2D eigenvalue weighted by Gasteiger charge is -2.03. The summed E-state index contributed by atoms with van der Waals surface area (Å²) < 4.78 is 0. The van der Waals surface area contributed by atoms with E-state index in [1.807, 2.05) is 42.6 Å². The van der Waals surface area contributed by atoms with Crippen molar-refractivity contribution in [1.82, 2.24) is 9.97 Å². The van der Waals surface area contributed by atoms with Crippen molar-refractivity contribution >= 4 is 16.7 Å². The molecule has 0 aliphatic carbocycles. The highest BCUT2D eigenvalue weighted by Gasteiger charge is 2.01. The van der Waals surface area contributed by atoms with Crippen LogP contribution in [0.5, 0.6) is 0 Å². The summed E-state index contributed by atoms with van der Waals surface area (Å²) in [5.41, 5.74) is 8.50. The molecular weight excluding hydrogens is 210 g/mol. The fourth-order valence-corrected chi connectivity index (χ4v) is 1.82. The first-order valence-corrected chi connectivity index (χ1v) is 5.41.